The molecule has 1 nitrogen and oxygen atoms in total. The number of benzene rings is 8. The Bertz CT molecular complexity index is 2250. The first-order valence-corrected chi connectivity index (χ1v) is 16.1. The van der Waals surface area contributed by atoms with E-state index in [1.54, 1.807) is 0 Å². The molecule has 0 heterocycles. The molecule has 0 N–H and O–H groups in total. The van der Waals surface area contributed by atoms with Crippen LogP contribution in [0.25, 0.3) is 55.3 Å². The molecular weight excluding hydrogens is 567 g/mol. The summed E-state index contributed by atoms with van der Waals surface area (Å²) in [5.74, 6) is 0. The van der Waals surface area contributed by atoms with Gasteiger partial charge in [-0.2, -0.15) is 0 Å². The second kappa shape index (κ2) is 12.7. The van der Waals surface area contributed by atoms with E-state index in [2.05, 4.69) is 205 Å². The molecule has 8 aromatic carbocycles. The first-order valence-electron chi connectivity index (χ1n) is 16.1. The van der Waals surface area contributed by atoms with Gasteiger partial charge in [-0.3, -0.25) is 0 Å². The van der Waals surface area contributed by atoms with Crippen molar-refractivity contribution < 1.29 is 0 Å². The zero-order valence-corrected chi connectivity index (χ0v) is 26.0. The van der Waals surface area contributed by atoms with E-state index in [4.69, 9.17) is 0 Å². The SMILES string of the molecule is c1ccc(-c2ccc(N(c3ccccc3)c3ccc(-c4ccc(-c5cccc(-c6ccc7ccccc7c6)c5)cc4)cc3)cc2)cc1. The molecule has 47 heavy (non-hydrogen) atoms. The molecule has 0 aliphatic rings. The van der Waals surface area contributed by atoms with Crippen molar-refractivity contribution in [2.75, 3.05) is 4.90 Å². The van der Waals surface area contributed by atoms with Crippen molar-refractivity contribution in [3.63, 3.8) is 0 Å². The van der Waals surface area contributed by atoms with E-state index in [0.29, 0.717) is 0 Å². The Labute approximate surface area is 276 Å². The third-order valence-electron chi connectivity index (χ3n) is 8.87. The Morgan fingerprint density at radius 1 is 0.213 bits per heavy atom. The minimum atomic E-state index is 1.12. The molecule has 0 radical (unpaired) electrons. The van der Waals surface area contributed by atoms with Gasteiger partial charge in [0.15, 0.2) is 0 Å². The molecule has 0 bridgehead atoms. The Balaban J connectivity index is 1.05. The van der Waals surface area contributed by atoms with Gasteiger partial charge in [0.05, 0.1) is 0 Å². The molecule has 0 amide bonds. The average Bonchev–Trinajstić information content (AvgIpc) is 3.16. The first kappa shape index (κ1) is 28.3. The summed E-state index contributed by atoms with van der Waals surface area (Å²) in [6.45, 7) is 0. The third-order valence-corrected chi connectivity index (χ3v) is 8.87. The maximum atomic E-state index is 2.31. The molecule has 0 atom stereocenters. The summed E-state index contributed by atoms with van der Waals surface area (Å²) in [6.07, 6.45) is 0. The number of fused-ring (bicyclic) bond motifs is 1. The van der Waals surface area contributed by atoms with Crippen LogP contribution in [0.1, 0.15) is 0 Å². The number of para-hydroxylation sites is 1. The highest BCUT2D eigenvalue weighted by Crippen LogP contribution is 2.37. The summed E-state index contributed by atoms with van der Waals surface area (Å²) in [5.41, 5.74) is 13.1. The Morgan fingerprint density at radius 2 is 0.574 bits per heavy atom. The van der Waals surface area contributed by atoms with Gasteiger partial charge in [0.1, 0.15) is 0 Å². The molecule has 0 fully saturated rings. The number of hydrogen-bond acceptors (Lipinski definition) is 1. The van der Waals surface area contributed by atoms with Crippen molar-refractivity contribution >= 4 is 27.8 Å². The summed E-state index contributed by atoms with van der Waals surface area (Å²) >= 11 is 0. The fourth-order valence-corrected chi connectivity index (χ4v) is 6.36. The van der Waals surface area contributed by atoms with Gasteiger partial charge in [-0.1, -0.05) is 152 Å². The molecule has 222 valence electrons. The van der Waals surface area contributed by atoms with Gasteiger partial charge in [0, 0.05) is 17.1 Å². The lowest BCUT2D eigenvalue weighted by Crippen LogP contribution is -2.09. The van der Waals surface area contributed by atoms with E-state index in [9.17, 15) is 0 Å². The van der Waals surface area contributed by atoms with Crippen molar-refractivity contribution in [1.29, 1.82) is 0 Å². The average molecular weight is 600 g/mol. The van der Waals surface area contributed by atoms with Crippen LogP contribution in [0, 0.1) is 0 Å². The van der Waals surface area contributed by atoms with Crippen LogP contribution in [0.3, 0.4) is 0 Å². The molecule has 0 aliphatic carbocycles. The normalized spacial score (nSPS) is 11.0. The summed E-state index contributed by atoms with van der Waals surface area (Å²) in [4.78, 5) is 2.31. The molecule has 1 heteroatoms. The number of anilines is 3. The Hall–Kier alpha value is -6.18. The summed E-state index contributed by atoms with van der Waals surface area (Å²) < 4.78 is 0. The zero-order valence-electron chi connectivity index (χ0n) is 26.0. The van der Waals surface area contributed by atoms with Gasteiger partial charge in [0.25, 0.3) is 0 Å². The Kier molecular flexibility index (Phi) is 7.63. The highest BCUT2D eigenvalue weighted by atomic mass is 15.1. The van der Waals surface area contributed by atoms with Crippen molar-refractivity contribution in [2.24, 2.45) is 0 Å². The first-order chi connectivity index (χ1) is 23.3. The summed E-state index contributed by atoms with van der Waals surface area (Å²) in [7, 11) is 0. The van der Waals surface area contributed by atoms with Crippen LogP contribution in [0.2, 0.25) is 0 Å². The molecule has 0 aliphatic heterocycles. The van der Waals surface area contributed by atoms with Crippen molar-refractivity contribution in [3.8, 4) is 44.5 Å². The molecule has 8 aromatic rings. The van der Waals surface area contributed by atoms with Crippen LogP contribution < -0.4 is 4.90 Å². The summed E-state index contributed by atoms with van der Waals surface area (Å²) in [6, 6.07) is 71.7. The standard InChI is InChI=1S/C46H33N/c1-3-10-34(11-4-1)37-24-28-45(29-25-37)47(44-16-5-2-6-17-44)46-30-26-38(27-31-46)36-18-20-39(21-19-36)41-14-9-15-42(32-41)43-23-22-35-12-7-8-13-40(35)33-43/h1-33H. The van der Waals surface area contributed by atoms with Gasteiger partial charge in [0.2, 0.25) is 0 Å². The van der Waals surface area contributed by atoms with Crippen LogP contribution in [-0.4, -0.2) is 0 Å². The highest BCUT2D eigenvalue weighted by molar-refractivity contribution is 5.88. The van der Waals surface area contributed by atoms with Crippen LogP contribution in [0.5, 0.6) is 0 Å². The maximum Gasteiger partial charge on any atom is 0.0462 e. The molecule has 0 unspecified atom stereocenters. The molecular formula is C46H33N. The zero-order chi connectivity index (χ0) is 31.4. The lowest BCUT2D eigenvalue weighted by Gasteiger charge is -2.26. The van der Waals surface area contributed by atoms with Crippen molar-refractivity contribution in [2.45, 2.75) is 0 Å². The van der Waals surface area contributed by atoms with Gasteiger partial charge in [-0.15, -0.1) is 0 Å². The topological polar surface area (TPSA) is 3.24 Å². The van der Waals surface area contributed by atoms with Crippen molar-refractivity contribution in [3.05, 3.63) is 200 Å². The van der Waals surface area contributed by atoms with Gasteiger partial charge in [-0.25, -0.2) is 0 Å². The minimum absolute atomic E-state index is 1.12. The maximum absolute atomic E-state index is 2.31. The van der Waals surface area contributed by atoms with E-state index in [-0.39, 0.29) is 0 Å². The molecule has 8 rings (SSSR count). The van der Waals surface area contributed by atoms with E-state index < -0.39 is 0 Å². The molecule has 0 aromatic heterocycles. The van der Waals surface area contributed by atoms with Crippen LogP contribution in [-0.2, 0) is 0 Å². The number of nitrogens with zero attached hydrogens (tertiary/aromatic N) is 1. The summed E-state index contributed by atoms with van der Waals surface area (Å²) in [5, 5.41) is 2.53. The predicted molar refractivity (Wildman–Crippen MR) is 200 cm³/mol. The van der Waals surface area contributed by atoms with Crippen LogP contribution in [0.4, 0.5) is 17.1 Å². The largest absolute Gasteiger partial charge is 0.311 e. The second-order valence-electron chi connectivity index (χ2n) is 11.9. The molecule has 0 spiro atoms. The smallest absolute Gasteiger partial charge is 0.0462 e. The van der Waals surface area contributed by atoms with Crippen LogP contribution >= 0.6 is 0 Å². The number of rotatable bonds is 7. The van der Waals surface area contributed by atoms with E-state index in [1.807, 2.05) is 0 Å². The number of hydrogen-bond donors (Lipinski definition) is 0. The monoisotopic (exact) mass is 599 g/mol. The molecule has 0 saturated carbocycles. The van der Waals surface area contributed by atoms with E-state index in [0.717, 1.165) is 17.1 Å². The van der Waals surface area contributed by atoms with Crippen molar-refractivity contribution in [1.82, 2.24) is 0 Å². The second-order valence-corrected chi connectivity index (χ2v) is 11.9. The van der Waals surface area contributed by atoms with Gasteiger partial charge >= 0.3 is 0 Å². The van der Waals surface area contributed by atoms with E-state index in [1.165, 1.54) is 55.3 Å². The predicted octanol–water partition coefficient (Wildman–Crippen LogP) is 13.0. The fraction of sp³-hybridized carbons (Fsp3) is 0. The minimum Gasteiger partial charge on any atom is -0.311 e. The van der Waals surface area contributed by atoms with Crippen LogP contribution in [0.15, 0.2) is 200 Å². The van der Waals surface area contributed by atoms with E-state index >= 15 is 0 Å². The van der Waals surface area contributed by atoms with Gasteiger partial charge in [-0.05, 0) is 104 Å². The lowest BCUT2D eigenvalue weighted by molar-refractivity contribution is 1.28. The highest BCUT2D eigenvalue weighted by Gasteiger charge is 2.13. The lowest BCUT2D eigenvalue weighted by atomic mass is 9.96. The Morgan fingerprint density at radius 3 is 1.17 bits per heavy atom. The quantitative estimate of drug-likeness (QED) is 0.176. The molecule has 0 saturated heterocycles. The third kappa shape index (κ3) is 5.95. The fourth-order valence-electron chi connectivity index (χ4n) is 6.36. The van der Waals surface area contributed by atoms with Gasteiger partial charge < -0.3 is 4.90 Å².